The van der Waals surface area contributed by atoms with Crippen LogP contribution in [0.15, 0.2) is 36.5 Å². The topological polar surface area (TPSA) is 217 Å². The minimum absolute atomic E-state index is 0.0938. The first-order chi connectivity index (χ1) is 25.2. The molecule has 54 heavy (non-hydrogen) atoms. The van der Waals surface area contributed by atoms with Crippen molar-refractivity contribution >= 4 is 30.2 Å². The van der Waals surface area contributed by atoms with E-state index in [-0.39, 0.29) is 54.8 Å². The summed E-state index contributed by atoms with van der Waals surface area (Å²) in [6.07, 6.45) is 0.507. The molecule has 2 amide bonds. The number of carboxylic acid groups (broad SMARTS) is 1. The van der Waals surface area contributed by atoms with E-state index in [1.54, 1.807) is 53.7 Å². The number of aromatic nitrogens is 2. The van der Waals surface area contributed by atoms with Gasteiger partial charge in [-0.05, 0) is 85.7 Å². The molecule has 292 valence electrons. The van der Waals surface area contributed by atoms with Gasteiger partial charge in [0.25, 0.3) is 0 Å². The van der Waals surface area contributed by atoms with Crippen LogP contribution in [0.4, 0.5) is 14.4 Å². The third-order valence-electron chi connectivity index (χ3n) is 10.0. The maximum absolute atomic E-state index is 14.1. The van der Waals surface area contributed by atoms with E-state index in [0.29, 0.717) is 24.9 Å². The van der Waals surface area contributed by atoms with Gasteiger partial charge >= 0.3 is 24.3 Å². The number of nitrogens with zero attached hydrogens (tertiary/aromatic N) is 3. The van der Waals surface area contributed by atoms with E-state index in [2.05, 4.69) is 20.5 Å². The largest absolute Gasteiger partial charge is 0.514 e. The number of likely N-dealkylation sites (tertiary alicyclic amines) is 1. The van der Waals surface area contributed by atoms with Crippen molar-refractivity contribution in [3.05, 3.63) is 53.3 Å². The molecule has 6 rings (SSSR count). The number of imidazole rings is 1. The highest BCUT2D eigenvalue weighted by molar-refractivity contribution is 5.85. The van der Waals surface area contributed by atoms with Crippen LogP contribution in [0.2, 0.25) is 0 Å². The van der Waals surface area contributed by atoms with Crippen molar-refractivity contribution in [3.8, 4) is 11.5 Å². The molecule has 1 fully saturated rings. The summed E-state index contributed by atoms with van der Waals surface area (Å²) < 4.78 is 29.7. The fourth-order valence-corrected chi connectivity index (χ4v) is 7.89. The Hall–Kier alpha value is -5.16. The molecule has 2 aromatic rings. The third kappa shape index (κ3) is 7.33. The molecule has 1 aromatic heterocycles. The highest BCUT2D eigenvalue weighted by Crippen LogP contribution is 2.65. The van der Waals surface area contributed by atoms with E-state index in [4.69, 9.17) is 23.7 Å². The molecule has 0 radical (unpaired) electrons. The molecule has 4 N–H and O–H groups in total. The predicted molar refractivity (Wildman–Crippen MR) is 188 cm³/mol. The first-order valence-corrected chi connectivity index (χ1v) is 17.8. The van der Waals surface area contributed by atoms with Gasteiger partial charge in [-0.15, -0.1) is 0 Å². The van der Waals surface area contributed by atoms with Gasteiger partial charge < -0.3 is 49.4 Å². The van der Waals surface area contributed by atoms with Gasteiger partial charge in [-0.1, -0.05) is 6.07 Å². The number of hydrogen-bond acceptors (Lipinski definition) is 13. The molecule has 1 spiro atoms. The molecule has 1 unspecified atom stereocenters. The van der Waals surface area contributed by atoms with Gasteiger partial charge in [0, 0.05) is 43.6 Å². The molecule has 17 heteroatoms. The number of aliphatic hydroxyl groups is 1. The summed E-state index contributed by atoms with van der Waals surface area (Å²) >= 11 is 0. The van der Waals surface area contributed by atoms with Crippen LogP contribution in [0.25, 0.3) is 0 Å². The highest BCUT2D eigenvalue weighted by atomic mass is 16.7. The first-order valence-electron chi connectivity index (χ1n) is 17.8. The number of piperidine rings is 1. The number of esters is 1. The number of ether oxygens (including phenoxy) is 5. The quantitative estimate of drug-likeness (QED) is 0.164. The molecule has 1 aromatic carbocycles. The Bertz CT molecular complexity index is 1890. The first kappa shape index (κ1) is 38.6. The van der Waals surface area contributed by atoms with Crippen LogP contribution in [0.5, 0.6) is 11.5 Å². The number of carbonyl (C=O) groups is 5. The van der Waals surface area contributed by atoms with Gasteiger partial charge in [0.1, 0.15) is 29.3 Å². The van der Waals surface area contributed by atoms with Crippen molar-refractivity contribution in [3.63, 3.8) is 0 Å². The molecule has 2 aliphatic carbocycles. The Morgan fingerprint density at radius 1 is 1.07 bits per heavy atom. The Morgan fingerprint density at radius 2 is 1.80 bits per heavy atom. The number of amides is 2. The second-order valence-corrected chi connectivity index (χ2v) is 16.1. The summed E-state index contributed by atoms with van der Waals surface area (Å²) in [4.78, 5) is 69.8. The normalized spacial score (nSPS) is 24.6. The van der Waals surface area contributed by atoms with Crippen molar-refractivity contribution in [2.24, 2.45) is 0 Å². The average molecular weight is 754 g/mol. The monoisotopic (exact) mass is 753 g/mol. The number of nitrogens with one attached hydrogen (secondary N) is 2. The van der Waals surface area contributed by atoms with Crippen LogP contribution in [-0.4, -0.2) is 110 Å². The van der Waals surface area contributed by atoms with E-state index in [9.17, 15) is 34.2 Å². The molecule has 3 heterocycles. The Morgan fingerprint density at radius 3 is 2.46 bits per heavy atom. The van der Waals surface area contributed by atoms with Gasteiger partial charge in [0.15, 0.2) is 17.6 Å². The van der Waals surface area contributed by atoms with E-state index in [1.165, 1.54) is 6.20 Å². The maximum atomic E-state index is 14.1. The SMILES string of the molecule is CN1CC[C@]23c4c5ccc(OC(=O)OC(C)(C)C)c4O[C@H]2C(OC(=O)C(Cc2cn(C(=O)O)cn2)NC(=O)CCNC(=O)OC(C)(C)C)=CC[C@@]3(O)[C@H]1C5. The minimum atomic E-state index is -1.35. The maximum Gasteiger partial charge on any atom is 0.514 e. The van der Waals surface area contributed by atoms with Crippen molar-refractivity contribution < 1.29 is 57.9 Å². The molecule has 2 bridgehead atoms. The summed E-state index contributed by atoms with van der Waals surface area (Å²) in [5.41, 5.74) is -2.23. The van der Waals surface area contributed by atoms with Crippen molar-refractivity contribution in [2.75, 3.05) is 20.1 Å². The zero-order valence-electron chi connectivity index (χ0n) is 31.4. The van der Waals surface area contributed by atoms with Crippen LogP contribution < -0.4 is 20.1 Å². The van der Waals surface area contributed by atoms with Crippen LogP contribution in [-0.2, 0) is 42.1 Å². The van der Waals surface area contributed by atoms with Crippen molar-refractivity contribution in [2.45, 2.75) is 114 Å². The second kappa shape index (κ2) is 13.9. The Kier molecular flexibility index (Phi) is 9.94. The van der Waals surface area contributed by atoms with Crippen LogP contribution in [0.1, 0.15) is 77.6 Å². The zero-order chi connectivity index (χ0) is 39.4. The van der Waals surface area contributed by atoms with Gasteiger partial charge in [-0.3, -0.25) is 4.79 Å². The van der Waals surface area contributed by atoms with Crippen molar-refractivity contribution in [1.82, 2.24) is 25.1 Å². The summed E-state index contributed by atoms with van der Waals surface area (Å²) in [7, 11) is 1.95. The fraction of sp³-hybridized carbons (Fsp3) is 0.568. The average Bonchev–Trinajstić information content (AvgIpc) is 3.66. The van der Waals surface area contributed by atoms with E-state index in [0.717, 1.165) is 16.5 Å². The van der Waals surface area contributed by atoms with E-state index >= 15 is 0 Å². The molecule has 17 nitrogen and oxygen atoms in total. The van der Waals surface area contributed by atoms with Gasteiger partial charge in [0.05, 0.1) is 16.7 Å². The number of benzene rings is 1. The summed E-state index contributed by atoms with van der Waals surface area (Å²) in [5, 5.41) is 27.1. The predicted octanol–water partition coefficient (Wildman–Crippen LogP) is 3.19. The highest BCUT2D eigenvalue weighted by Gasteiger charge is 2.72. The Balaban J connectivity index is 1.27. The fourth-order valence-electron chi connectivity index (χ4n) is 7.89. The molecule has 5 atom stereocenters. The molecular formula is C37H47N5O12. The lowest BCUT2D eigenvalue weighted by molar-refractivity contribution is -0.170. The number of hydrogen-bond donors (Lipinski definition) is 4. The van der Waals surface area contributed by atoms with Crippen LogP contribution in [0.3, 0.4) is 0 Å². The standard InChI is InChI=1S/C37H47N5O12/c1-34(2,3)53-31(45)38-14-11-26(43)40-22(17-21-18-42(19-39-21)32(46)47)30(44)50-24-10-12-37(49)25-16-20-8-9-23(51-33(48)54-35(4,5)6)28-27(20)36(37,29(24)52-28)13-15-41(25)7/h8-10,18-19,22,25,29,49H,11-17H2,1-7H3,(H,38,45)(H,40,43)(H,46,47)/t22?,25-,29+,36+,37-/m1/s1. The lowest BCUT2D eigenvalue weighted by atomic mass is 9.50. The van der Waals surface area contributed by atoms with Crippen LogP contribution in [0, 0.1) is 0 Å². The number of rotatable bonds is 9. The summed E-state index contributed by atoms with van der Waals surface area (Å²) in [5.74, 6) is -1.07. The molecule has 2 aliphatic heterocycles. The number of alkyl carbamates (subject to hydrolysis) is 1. The number of likely N-dealkylation sites (N-methyl/N-ethyl adjacent to an activating group) is 1. The van der Waals surface area contributed by atoms with Gasteiger partial charge in [-0.2, -0.15) is 0 Å². The Labute approximate surface area is 311 Å². The lowest BCUT2D eigenvalue weighted by Gasteiger charge is -2.61. The minimum Gasteiger partial charge on any atom is -0.477 e. The van der Waals surface area contributed by atoms with Crippen LogP contribution >= 0.6 is 0 Å². The smallest absolute Gasteiger partial charge is 0.477 e. The zero-order valence-corrected chi connectivity index (χ0v) is 31.4. The van der Waals surface area contributed by atoms with Crippen molar-refractivity contribution in [1.29, 1.82) is 0 Å². The van der Waals surface area contributed by atoms with E-state index < -0.39 is 64.6 Å². The second-order valence-electron chi connectivity index (χ2n) is 16.1. The molecule has 1 saturated heterocycles. The van der Waals surface area contributed by atoms with Gasteiger partial charge in [-0.25, -0.2) is 28.7 Å². The van der Waals surface area contributed by atoms with Gasteiger partial charge in [0.2, 0.25) is 5.91 Å². The molecule has 4 aliphatic rings. The third-order valence-corrected chi connectivity index (χ3v) is 10.0. The van der Waals surface area contributed by atoms with E-state index in [1.807, 2.05) is 13.1 Å². The number of carbonyl (C=O) groups excluding carboxylic acids is 4. The summed E-state index contributed by atoms with van der Waals surface area (Å²) in [6, 6.07) is 1.83. The summed E-state index contributed by atoms with van der Waals surface area (Å²) in [6.45, 7) is 10.7. The molecular weight excluding hydrogens is 706 g/mol. The molecule has 0 saturated carbocycles. The lowest BCUT2D eigenvalue weighted by Crippen LogP contribution is -2.74.